The number of amides is 2. The molecule has 236 valence electrons. The second-order valence-electron chi connectivity index (χ2n) is 11.4. The minimum atomic E-state index is -3.05. The number of aromatic nitrogens is 5. The van der Waals surface area contributed by atoms with Gasteiger partial charge in [0.1, 0.15) is 5.69 Å². The van der Waals surface area contributed by atoms with E-state index in [0.29, 0.717) is 35.4 Å². The number of nitrogens with one attached hydrogen (secondary N) is 2. The first-order valence-electron chi connectivity index (χ1n) is 14.6. The minimum Gasteiger partial charge on any atom is -0.353 e. The molecule has 0 unspecified atom stereocenters. The van der Waals surface area contributed by atoms with E-state index in [9.17, 15) is 27.2 Å². The minimum absolute atomic E-state index is 0.118. The predicted molar refractivity (Wildman–Crippen MR) is 148 cm³/mol. The summed E-state index contributed by atoms with van der Waals surface area (Å²) in [5.41, 5.74) is 2.58. The lowest BCUT2D eigenvalue weighted by atomic mass is 9.97. The molecule has 3 heterocycles. The molecule has 11 nitrogen and oxygen atoms in total. The van der Waals surface area contributed by atoms with Gasteiger partial charge in [-0.3, -0.25) is 14.5 Å². The lowest BCUT2D eigenvalue weighted by molar-refractivity contribution is -0.111. The van der Waals surface area contributed by atoms with Gasteiger partial charge in [-0.15, -0.1) is 0 Å². The number of hydrogen-bond donors (Lipinski definition) is 2. The van der Waals surface area contributed by atoms with Crippen molar-refractivity contribution in [2.24, 2.45) is 0 Å². The number of rotatable bonds is 11. The molecule has 0 aliphatic heterocycles. The van der Waals surface area contributed by atoms with E-state index in [4.69, 9.17) is 4.63 Å². The third-order valence-corrected chi connectivity index (χ3v) is 6.89. The summed E-state index contributed by atoms with van der Waals surface area (Å²) in [4.78, 5) is 28.5. The summed E-state index contributed by atoms with van der Waals surface area (Å²) in [5.74, 6) is -5.52. The van der Waals surface area contributed by atoms with Gasteiger partial charge in [0.15, 0.2) is 11.3 Å². The van der Waals surface area contributed by atoms with E-state index in [1.807, 2.05) is 5.32 Å². The normalized spacial score (nSPS) is 17.3. The van der Waals surface area contributed by atoms with E-state index in [-0.39, 0.29) is 49.9 Å². The monoisotopic (exact) mass is 610 g/mol. The summed E-state index contributed by atoms with van der Waals surface area (Å²) in [7, 11) is 1.56. The van der Waals surface area contributed by atoms with Crippen LogP contribution in [0, 0.1) is 0 Å². The zero-order chi connectivity index (χ0) is 30.9. The molecule has 2 amide bonds. The summed E-state index contributed by atoms with van der Waals surface area (Å²) >= 11 is 0. The number of carbonyl (C=O) groups excluding carboxylic acids is 2. The van der Waals surface area contributed by atoms with E-state index in [0.717, 1.165) is 19.3 Å². The molecule has 15 heteroatoms. The van der Waals surface area contributed by atoms with E-state index in [1.165, 1.54) is 24.2 Å². The molecular formula is C28H38F4N8O3. The van der Waals surface area contributed by atoms with Gasteiger partial charge in [0.2, 0.25) is 12.3 Å². The second-order valence-corrected chi connectivity index (χ2v) is 11.4. The van der Waals surface area contributed by atoms with Crippen LogP contribution >= 0.6 is 0 Å². The van der Waals surface area contributed by atoms with Crippen LogP contribution < -0.4 is 10.6 Å². The number of hydrogen-bond acceptors (Lipinski definition) is 8. The van der Waals surface area contributed by atoms with Gasteiger partial charge in [-0.25, -0.2) is 31.7 Å². The lowest BCUT2D eigenvalue weighted by Gasteiger charge is -2.23. The zero-order valence-electron chi connectivity index (χ0n) is 24.2. The van der Waals surface area contributed by atoms with Gasteiger partial charge >= 0.3 is 0 Å². The Kier molecular flexibility index (Phi) is 11.0. The third-order valence-electron chi connectivity index (χ3n) is 6.89. The molecule has 3 aliphatic carbocycles. The first kappa shape index (κ1) is 32.3. The first-order chi connectivity index (χ1) is 20.5. The highest BCUT2D eigenvalue weighted by molar-refractivity contribution is 5.93. The fourth-order valence-corrected chi connectivity index (χ4v) is 4.45. The molecule has 3 saturated carbocycles. The van der Waals surface area contributed by atoms with Crippen LogP contribution in [0.15, 0.2) is 23.1 Å². The van der Waals surface area contributed by atoms with Crippen molar-refractivity contribution in [3.8, 4) is 0 Å². The molecule has 0 spiro atoms. The van der Waals surface area contributed by atoms with Crippen molar-refractivity contribution in [2.75, 3.05) is 20.1 Å². The van der Waals surface area contributed by atoms with E-state index >= 15 is 0 Å². The Hall–Kier alpha value is -3.62. The quantitative estimate of drug-likeness (QED) is 0.240. The highest BCUT2D eigenvalue weighted by Gasteiger charge is 2.33. The van der Waals surface area contributed by atoms with Crippen molar-refractivity contribution < 1.29 is 31.8 Å². The maximum atomic E-state index is 13.8. The van der Waals surface area contributed by atoms with E-state index in [2.05, 4.69) is 25.7 Å². The molecule has 2 N–H and O–H groups in total. The Bertz CT molecular complexity index is 1330. The average Bonchev–Trinajstić information content (AvgIpc) is 3.91. The summed E-state index contributed by atoms with van der Waals surface area (Å²) in [6, 6.07) is 1.74. The molecule has 3 aromatic rings. The molecule has 0 bridgehead atoms. The topological polar surface area (TPSA) is 131 Å². The van der Waals surface area contributed by atoms with Crippen LogP contribution in [-0.2, 0) is 17.9 Å². The molecule has 3 aromatic heterocycles. The molecule has 6 rings (SSSR count). The number of fused-ring (bicyclic) bond motifs is 1. The Morgan fingerprint density at radius 2 is 1.86 bits per heavy atom. The molecule has 43 heavy (non-hydrogen) atoms. The first-order valence-corrected chi connectivity index (χ1v) is 14.6. The van der Waals surface area contributed by atoms with Crippen molar-refractivity contribution in [2.45, 2.75) is 95.1 Å². The Morgan fingerprint density at radius 1 is 1.16 bits per heavy atom. The van der Waals surface area contributed by atoms with Gasteiger partial charge in [-0.1, -0.05) is 30.8 Å². The fourth-order valence-electron chi connectivity index (χ4n) is 4.45. The van der Waals surface area contributed by atoms with Crippen molar-refractivity contribution in [3.05, 3.63) is 41.1 Å². The van der Waals surface area contributed by atoms with Crippen LogP contribution in [0.1, 0.15) is 97.6 Å². The zero-order valence-corrected chi connectivity index (χ0v) is 24.2. The van der Waals surface area contributed by atoms with Crippen molar-refractivity contribution >= 4 is 18.0 Å². The van der Waals surface area contributed by atoms with Gasteiger partial charge in [0.25, 0.3) is 11.8 Å². The SMILES string of the molecule is C1CC1.CN(Cc1cnn2cc(CNC(=O)c3nonc3C3CC3)nc2c1)CC(F)(F)CNC=O.FC1(F)CCCCC1. The van der Waals surface area contributed by atoms with Crippen molar-refractivity contribution in [1.82, 2.24) is 40.4 Å². The van der Waals surface area contributed by atoms with Crippen LogP contribution in [0.2, 0.25) is 0 Å². The van der Waals surface area contributed by atoms with E-state index < -0.39 is 24.9 Å². The summed E-state index contributed by atoms with van der Waals surface area (Å²) in [6.45, 7) is -0.864. The van der Waals surface area contributed by atoms with Crippen LogP contribution in [0.25, 0.3) is 5.65 Å². The Labute approximate surface area is 246 Å². The smallest absolute Gasteiger partial charge is 0.277 e. The lowest BCUT2D eigenvalue weighted by Crippen LogP contribution is -2.41. The highest BCUT2D eigenvalue weighted by atomic mass is 19.3. The average molecular weight is 611 g/mol. The Morgan fingerprint density at radius 3 is 2.47 bits per heavy atom. The van der Waals surface area contributed by atoms with Gasteiger partial charge in [0, 0.05) is 25.3 Å². The fraction of sp³-hybridized carbons (Fsp3) is 0.643. The standard InChI is InChI=1S/C19H22F2N8O3.C6H10F2.C3H6/c1-28(10-19(20,21)9-22-11-30)7-12-4-15-25-14(8-29(15)24-5-12)6-23-18(31)17-16(13-2-3-13)26-32-27-17;7-6(8)4-2-1-3-5-6;1-2-3-1/h4-5,8,11,13H,2-3,6-7,9-10H2,1H3,(H,22,30)(H,23,31);1-5H2;1-3H2. The van der Waals surface area contributed by atoms with E-state index in [1.54, 1.807) is 30.0 Å². The van der Waals surface area contributed by atoms with Gasteiger partial charge < -0.3 is 10.6 Å². The molecule has 0 aromatic carbocycles. The van der Waals surface area contributed by atoms with Gasteiger partial charge in [-0.05, 0) is 49.5 Å². The molecule has 0 atom stereocenters. The van der Waals surface area contributed by atoms with Crippen molar-refractivity contribution in [3.63, 3.8) is 0 Å². The van der Waals surface area contributed by atoms with Crippen molar-refractivity contribution in [1.29, 1.82) is 0 Å². The summed E-state index contributed by atoms with van der Waals surface area (Å²) < 4.78 is 58.3. The predicted octanol–water partition coefficient (Wildman–Crippen LogP) is 4.49. The maximum absolute atomic E-state index is 13.8. The van der Waals surface area contributed by atoms with Crippen LogP contribution in [0.5, 0.6) is 0 Å². The van der Waals surface area contributed by atoms with Crippen LogP contribution in [0.4, 0.5) is 17.6 Å². The third kappa shape index (κ3) is 10.9. The number of carbonyl (C=O) groups is 2. The van der Waals surface area contributed by atoms with Gasteiger partial charge in [0.05, 0.1) is 37.7 Å². The molecule has 0 radical (unpaired) electrons. The number of alkyl halides is 4. The van der Waals surface area contributed by atoms with Gasteiger partial charge in [-0.2, -0.15) is 5.10 Å². The number of imidazole rings is 1. The van der Waals surface area contributed by atoms with Crippen LogP contribution in [-0.4, -0.2) is 74.1 Å². The molecular weight excluding hydrogens is 572 g/mol. The molecule has 3 fully saturated rings. The largest absolute Gasteiger partial charge is 0.353 e. The highest BCUT2D eigenvalue weighted by Crippen LogP contribution is 2.40. The molecule has 0 saturated heterocycles. The second kappa shape index (κ2) is 14.7. The maximum Gasteiger partial charge on any atom is 0.277 e. The number of halogens is 4. The Balaban J connectivity index is 0.000000321. The van der Waals surface area contributed by atoms with Crippen LogP contribution in [0.3, 0.4) is 0 Å². The molecule has 3 aliphatic rings. The summed E-state index contributed by atoms with van der Waals surface area (Å²) in [6.07, 6.45) is 12.6. The number of nitrogens with zero attached hydrogens (tertiary/aromatic N) is 6. The summed E-state index contributed by atoms with van der Waals surface area (Å²) in [5, 5.41) is 16.5.